The summed E-state index contributed by atoms with van der Waals surface area (Å²) in [6, 6.07) is 10.2. The highest BCUT2D eigenvalue weighted by Crippen LogP contribution is 2.18. The molecule has 0 aliphatic carbocycles. The Morgan fingerprint density at radius 3 is 2.29 bits per heavy atom. The van der Waals surface area contributed by atoms with Gasteiger partial charge in [-0.15, -0.1) is 0 Å². The van der Waals surface area contributed by atoms with Gasteiger partial charge in [-0.25, -0.2) is 4.79 Å². The number of rotatable bonds is 5. The third-order valence-electron chi connectivity index (χ3n) is 5.02. The summed E-state index contributed by atoms with van der Waals surface area (Å²) in [5, 5.41) is 0. The fourth-order valence-electron chi connectivity index (χ4n) is 3.47. The second-order valence-electron chi connectivity index (χ2n) is 8.50. The van der Waals surface area contributed by atoms with Crippen LogP contribution in [0, 0.1) is 0 Å². The monoisotopic (exact) mass is 389 g/mol. The summed E-state index contributed by atoms with van der Waals surface area (Å²) >= 11 is 0. The van der Waals surface area contributed by atoms with E-state index in [1.807, 2.05) is 51.1 Å². The number of carbonyl (C=O) groups is 2. The molecular formula is C21H31N3O4. The Bertz CT molecular complexity index is 660. The Morgan fingerprint density at radius 2 is 1.68 bits per heavy atom. The van der Waals surface area contributed by atoms with Crippen LogP contribution in [-0.2, 0) is 20.9 Å². The van der Waals surface area contributed by atoms with Crippen molar-refractivity contribution in [1.29, 1.82) is 0 Å². The molecule has 1 aromatic carbocycles. The normalized spacial score (nSPS) is 19.2. The number of amides is 1. The Kier molecular flexibility index (Phi) is 6.57. The van der Waals surface area contributed by atoms with E-state index in [-0.39, 0.29) is 12.1 Å². The van der Waals surface area contributed by atoms with Gasteiger partial charge in [0.25, 0.3) is 0 Å². The van der Waals surface area contributed by atoms with Crippen LogP contribution < -0.4 is 0 Å². The molecule has 2 saturated heterocycles. The van der Waals surface area contributed by atoms with Gasteiger partial charge in [-0.05, 0) is 26.3 Å². The lowest BCUT2D eigenvalue weighted by molar-refractivity contribution is -0.148. The first kappa shape index (κ1) is 20.6. The number of nitrogens with zero attached hydrogens (tertiary/aromatic N) is 3. The molecule has 0 atom stereocenters. The summed E-state index contributed by atoms with van der Waals surface area (Å²) in [5.74, 6) is -0.183. The van der Waals surface area contributed by atoms with Gasteiger partial charge in [-0.1, -0.05) is 30.3 Å². The van der Waals surface area contributed by atoms with Gasteiger partial charge in [0.05, 0.1) is 6.54 Å². The third kappa shape index (κ3) is 5.94. The largest absolute Gasteiger partial charge is 0.460 e. The molecule has 0 bridgehead atoms. The molecule has 0 unspecified atom stereocenters. The zero-order valence-electron chi connectivity index (χ0n) is 17.1. The molecule has 2 aliphatic heterocycles. The standard InChI is InChI=1S/C21H31N3O4/c1-21(2,3)28-20(26)24-11-9-23(10-12-24)18-13-22(14-18)15-19(25)27-16-17-7-5-4-6-8-17/h4-8,18H,9-16H2,1-3H3. The number of hydrogen-bond acceptors (Lipinski definition) is 6. The first-order chi connectivity index (χ1) is 13.3. The van der Waals surface area contributed by atoms with Gasteiger partial charge >= 0.3 is 12.1 Å². The number of hydrogen-bond donors (Lipinski definition) is 0. The van der Waals surface area contributed by atoms with Crippen LogP contribution in [0.15, 0.2) is 30.3 Å². The van der Waals surface area contributed by atoms with E-state index in [0.717, 1.165) is 31.7 Å². The molecule has 3 rings (SSSR count). The van der Waals surface area contributed by atoms with Crippen molar-refractivity contribution in [2.75, 3.05) is 45.8 Å². The topological polar surface area (TPSA) is 62.3 Å². The number of esters is 1. The summed E-state index contributed by atoms with van der Waals surface area (Å²) in [6.07, 6.45) is -0.233. The number of benzene rings is 1. The van der Waals surface area contributed by atoms with Crippen molar-refractivity contribution in [1.82, 2.24) is 14.7 Å². The van der Waals surface area contributed by atoms with Crippen molar-refractivity contribution < 1.29 is 19.1 Å². The smallest absolute Gasteiger partial charge is 0.410 e. The fourth-order valence-corrected chi connectivity index (χ4v) is 3.47. The van der Waals surface area contributed by atoms with E-state index < -0.39 is 5.60 Å². The molecular weight excluding hydrogens is 358 g/mol. The van der Waals surface area contributed by atoms with Gasteiger partial charge in [0, 0.05) is 45.3 Å². The first-order valence-corrected chi connectivity index (χ1v) is 9.94. The number of ether oxygens (including phenoxy) is 2. The van der Waals surface area contributed by atoms with Gasteiger partial charge in [0.1, 0.15) is 12.2 Å². The van der Waals surface area contributed by atoms with Gasteiger partial charge in [0.2, 0.25) is 0 Å². The molecule has 2 heterocycles. The molecule has 0 saturated carbocycles. The Morgan fingerprint density at radius 1 is 1.04 bits per heavy atom. The Balaban J connectivity index is 1.31. The molecule has 7 nitrogen and oxygen atoms in total. The zero-order valence-corrected chi connectivity index (χ0v) is 17.1. The van der Waals surface area contributed by atoms with Crippen molar-refractivity contribution in [2.45, 2.75) is 39.0 Å². The molecule has 1 aromatic rings. The minimum absolute atomic E-state index is 0.183. The molecule has 154 valence electrons. The van der Waals surface area contributed by atoms with Crippen LogP contribution in [0.3, 0.4) is 0 Å². The van der Waals surface area contributed by atoms with Crippen molar-refractivity contribution in [3.63, 3.8) is 0 Å². The second-order valence-corrected chi connectivity index (χ2v) is 8.50. The van der Waals surface area contributed by atoms with Crippen LogP contribution >= 0.6 is 0 Å². The van der Waals surface area contributed by atoms with Crippen molar-refractivity contribution in [3.8, 4) is 0 Å². The molecule has 1 amide bonds. The van der Waals surface area contributed by atoms with Gasteiger partial charge in [-0.2, -0.15) is 0 Å². The predicted octanol–water partition coefficient (Wildman–Crippen LogP) is 1.97. The van der Waals surface area contributed by atoms with Crippen molar-refractivity contribution in [3.05, 3.63) is 35.9 Å². The summed E-state index contributed by atoms with van der Waals surface area (Å²) in [7, 11) is 0. The van der Waals surface area contributed by atoms with Crippen molar-refractivity contribution in [2.24, 2.45) is 0 Å². The third-order valence-corrected chi connectivity index (χ3v) is 5.02. The molecule has 28 heavy (non-hydrogen) atoms. The van der Waals surface area contributed by atoms with E-state index in [0.29, 0.717) is 32.3 Å². The van der Waals surface area contributed by atoms with Gasteiger partial charge in [0.15, 0.2) is 0 Å². The van der Waals surface area contributed by atoms with E-state index in [1.54, 1.807) is 4.90 Å². The minimum Gasteiger partial charge on any atom is -0.460 e. The molecule has 7 heteroatoms. The summed E-state index contributed by atoms with van der Waals surface area (Å²) in [6.45, 7) is 11.1. The van der Waals surface area contributed by atoms with Crippen LogP contribution in [0.5, 0.6) is 0 Å². The first-order valence-electron chi connectivity index (χ1n) is 9.94. The highest BCUT2D eigenvalue weighted by Gasteiger charge is 2.35. The average Bonchev–Trinajstić information content (AvgIpc) is 2.62. The molecule has 0 N–H and O–H groups in total. The molecule has 0 spiro atoms. The SMILES string of the molecule is CC(C)(C)OC(=O)N1CCN(C2CN(CC(=O)OCc3ccccc3)C2)CC1. The van der Waals surface area contributed by atoms with E-state index in [4.69, 9.17) is 9.47 Å². The lowest BCUT2D eigenvalue weighted by Crippen LogP contribution is -2.64. The summed E-state index contributed by atoms with van der Waals surface area (Å²) in [5.41, 5.74) is 0.540. The lowest BCUT2D eigenvalue weighted by Gasteiger charge is -2.47. The summed E-state index contributed by atoms with van der Waals surface area (Å²) in [4.78, 5) is 30.4. The highest BCUT2D eigenvalue weighted by atomic mass is 16.6. The molecule has 0 aromatic heterocycles. The Hall–Kier alpha value is -2.12. The second kappa shape index (κ2) is 8.92. The lowest BCUT2D eigenvalue weighted by atomic mass is 10.1. The van der Waals surface area contributed by atoms with Crippen LogP contribution in [0.25, 0.3) is 0 Å². The quantitative estimate of drug-likeness (QED) is 0.718. The molecule has 0 radical (unpaired) electrons. The fraction of sp³-hybridized carbons (Fsp3) is 0.619. The molecule has 2 aliphatic rings. The average molecular weight is 389 g/mol. The maximum atomic E-state index is 12.1. The van der Waals surface area contributed by atoms with Gasteiger partial charge < -0.3 is 14.4 Å². The Labute approximate surface area is 167 Å². The number of likely N-dealkylation sites (tertiary alicyclic amines) is 1. The maximum Gasteiger partial charge on any atom is 0.410 e. The number of piperazine rings is 1. The predicted molar refractivity (Wildman–Crippen MR) is 106 cm³/mol. The zero-order chi connectivity index (χ0) is 20.1. The van der Waals surface area contributed by atoms with Crippen LogP contribution in [0.1, 0.15) is 26.3 Å². The van der Waals surface area contributed by atoms with Crippen molar-refractivity contribution >= 4 is 12.1 Å². The maximum absolute atomic E-state index is 12.1. The van der Waals surface area contributed by atoms with Gasteiger partial charge in [-0.3, -0.25) is 14.6 Å². The van der Waals surface area contributed by atoms with E-state index in [2.05, 4.69) is 9.80 Å². The molecule has 2 fully saturated rings. The summed E-state index contributed by atoms with van der Waals surface area (Å²) < 4.78 is 10.8. The van der Waals surface area contributed by atoms with E-state index >= 15 is 0 Å². The van der Waals surface area contributed by atoms with E-state index in [9.17, 15) is 9.59 Å². The van der Waals surface area contributed by atoms with Crippen LogP contribution in [-0.4, -0.2) is 84.2 Å². The van der Waals surface area contributed by atoms with Crippen LogP contribution in [0.4, 0.5) is 4.79 Å². The van der Waals surface area contributed by atoms with E-state index in [1.165, 1.54) is 0 Å². The minimum atomic E-state index is -0.461. The van der Waals surface area contributed by atoms with Crippen LogP contribution in [0.2, 0.25) is 0 Å². The highest BCUT2D eigenvalue weighted by molar-refractivity contribution is 5.71. The number of carbonyl (C=O) groups excluding carboxylic acids is 2.